The molecule has 0 radical (unpaired) electrons. The van der Waals surface area contributed by atoms with Gasteiger partial charge in [-0.2, -0.15) is 0 Å². The summed E-state index contributed by atoms with van der Waals surface area (Å²) < 4.78 is 11.2. The van der Waals surface area contributed by atoms with Gasteiger partial charge in [0.25, 0.3) is 0 Å². The van der Waals surface area contributed by atoms with Crippen molar-refractivity contribution in [2.45, 2.75) is 307 Å². The Balaban J connectivity index is 2.21. The fourth-order valence-corrected chi connectivity index (χ4v) is 8.86. The van der Waals surface area contributed by atoms with Gasteiger partial charge < -0.3 is 40.3 Å². The van der Waals surface area contributed by atoms with E-state index >= 15 is 0 Å². The Morgan fingerprint density at radius 3 is 1.27 bits per heavy atom. The maximum atomic E-state index is 13.0. The van der Waals surface area contributed by atoms with E-state index in [0.29, 0.717) is 6.42 Å². The Hall–Kier alpha value is -1.33. The molecule has 0 saturated carbocycles. The Morgan fingerprint density at radius 1 is 0.516 bits per heavy atom. The van der Waals surface area contributed by atoms with Crippen LogP contribution in [0.2, 0.25) is 0 Å². The quantitative estimate of drug-likeness (QED) is 0.0261. The molecule has 1 amide bonds. The molecule has 0 bridgehead atoms. The lowest BCUT2D eigenvalue weighted by Crippen LogP contribution is -2.60. The molecular formula is C55H105NO8. The van der Waals surface area contributed by atoms with Gasteiger partial charge in [-0.05, 0) is 44.9 Å². The standard InChI is InChI=1S/C55H105NO8/c1-3-5-7-9-11-13-15-17-19-20-21-22-23-24-25-26-27-28-29-30-31-32-34-36-38-40-42-44-49(58)48(47-63-55-54(62)53(61)52(60)50(46-57)64-55)56-51(59)45-43-41-39-37-35-33-18-16-14-12-10-8-6-4-2/h16,18,42,44,48-50,52-55,57-58,60-62H,3-15,17,19-41,43,45-47H2,1-2H3,(H,56,59)/b18-16-,44-42+. The number of carbonyl (C=O) groups is 1. The van der Waals surface area contributed by atoms with Crippen molar-refractivity contribution in [3.05, 3.63) is 24.3 Å². The van der Waals surface area contributed by atoms with Crippen molar-refractivity contribution >= 4 is 5.91 Å². The van der Waals surface area contributed by atoms with Crippen molar-refractivity contribution in [1.29, 1.82) is 0 Å². The molecule has 7 unspecified atom stereocenters. The van der Waals surface area contributed by atoms with E-state index in [9.17, 15) is 30.3 Å². The summed E-state index contributed by atoms with van der Waals surface area (Å²) >= 11 is 0. The van der Waals surface area contributed by atoms with Crippen LogP contribution >= 0.6 is 0 Å². The number of hydrogen-bond acceptors (Lipinski definition) is 8. The van der Waals surface area contributed by atoms with Crippen LogP contribution in [0, 0.1) is 0 Å². The van der Waals surface area contributed by atoms with Gasteiger partial charge in [0, 0.05) is 6.42 Å². The Morgan fingerprint density at radius 2 is 0.875 bits per heavy atom. The summed E-state index contributed by atoms with van der Waals surface area (Å²) in [5.74, 6) is -0.183. The fourth-order valence-electron chi connectivity index (χ4n) is 8.86. The highest BCUT2D eigenvalue weighted by molar-refractivity contribution is 5.76. The van der Waals surface area contributed by atoms with Crippen LogP contribution in [0.4, 0.5) is 0 Å². The Bertz CT molecular complexity index is 1060. The predicted molar refractivity (Wildman–Crippen MR) is 267 cm³/mol. The van der Waals surface area contributed by atoms with Crippen LogP contribution in [0.15, 0.2) is 24.3 Å². The summed E-state index contributed by atoms with van der Waals surface area (Å²) in [6, 6.07) is -0.807. The van der Waals surface area contributed by atoms with Gasteiger partial charge in [0.15, 0.2) is 6.29 Å². The molecule has 1 heterocycles. The number of hydrogen-bond donors (Lipinski definition) is 6. The van der Waals surface area contributed by atoms with Gasteiger partial charge in [0.05, 0.1) is 25.4 Å². The first-order chi connectivity index (χ1) is 31.3. The fraction of sp³-hybridized carbons (Fsp3) is 0.909. The average Bonchev–Trinajstić information content (AvgIpc) is 3.29. The van der Waals surface area contributed by atoms with Crippen LogP contribution < -0.4 is 5.32 Å². The van der Waals surface area contributed by atoms with E-state index in [1.807, 2.05) is 6.08 Å². The summed E-state index contributed by atoms with van der Waals surface area (Å²) in [6.07, 6.45) is 49.6. The molecule has 1 rings (SSSR count). The van der Waals surface area contributed by atoms with Crippen LogP contribution in [-0.4, -0.2) is 87.5 Å². The second-order valence-corrected chi connectivity index (χ2v) is 19.4. The molecule has 1 aliphatic heterocycles. The molecule has 1 saturated heterocycles. The van der Waals surface area contributed by atoms with Crippen molar-refractivity contribution in [2.24, 2.45) is 0 Å². The third kappa shape index (κ3) is 34.9. The smallest absolute Gasteiger partial charge is 0.220 e. The molecule has 64 heavy (non-hydrogen) atoms. The van der Waals surface area contributed by atoms with Crippen LogP contribution in [-0.2, 0) is 14.3 Å². The number of carbonyl (C=O) groups excluding carboxylic acids is 1. The summed E-state index contributed by atoms with van der Waals surface area (Å²) in [7, 11) is 0. The maximum Gasteiger partial charge on any atom is 0.220 e. The zero-order valence-electron chi connectivity index (χ0n) is 41.8. The zero-order chi connectivity index (χ0) is 46.6. The molecule has 378 valence electrons. The summed E-state index contributed by atoms with van der Waals surface area (Å²) in [6.45, 7) is 3.78. The van der Waals surface area contributed by atoms with Gasteiger partial charge in [0.2, 0.25) is 5.91 Å². The third-order valence-corrected chi connectivity index (χ3v) is 13.3. The Kier molecular flexibility index (Phi) is 43.1. The summed E-state index contributed by atoms with van der Waals surface area (Å²) in [5.41, 5.74) is 0. The summed E-state index contributed by atoms with van der Waals surface area (Å²) in [5, 5.41) is 54.4. The lowest BCUT2D eigenvalue weighted by Gasteiger charge is -2.40. The molecule has 0 aromatic carbocycles. The van der Waals surface area contributed by atoms with Crippen LogP contribution in [0.1, 0.15) is 264 Å². The largest absolute Gasteiger partial charge is 0.394 e. The molecule has 1 fully saturated rings. The normalized spacial score (nSPS) is 20.1. The number of ether oxygens (including phenoxy) is 2. The number of amides is 1. The van der Waals surface area contributed by atoms with Crippen molar-refractivity contribution in [1.82, 2.24) is 5.32 Å². The third-order valence-electron chi connectivity index (χ3n) is 13.3. The van der Waals surface area contributed by atoms with Gasteiger partial charge >= 0.3 is 0 Å². The molecule has 1 aliphatic rings. The first-order valence-corrected chi connectivity index (χ1v) is 27.6. The topological polar surface area (TPSA) is 149 Å². The average molecular weight is 908 g/mol. The maximum absolute atomic E-state index is 13.0. The lowest BCUT2D eigenvalue weighted by atomic mass is 9.99. The van der Waals surface area contributed by atoms with E-state index < -0.39 is 49.5 Å². The summed E-state index contributed by atoms with van der Waals surface area (Å²) in [4.78, 5) is 13.0. The molecule has 9 nitrogen and oxygen atoms in total. The Labute approximate surface area is 394 Å². The van der Waals surface area contributed by atoms with E-state index in [1.165, 1.54) is 186 Å². The lowest BCUT2D eigenvalue weighted by molar-refractivity contribution is -0.302. The molecule has 0 spiro atoms. The van der Waals surface area contributed by atoms with Gasteiger partial charge in [-0.3, -0.25) is 4.79 Å². The molecule has 0 aromatic heterocycles. The van der Waals surface area contributed by atoms with Crippen LogP contribution in [0.3, 0.4) is 0 Å². The molecule has 7 atom stereocenters. The van der Waals surface area contributed by atoms with E-state index in [1.54, 1.807) is 6.08 Å². The van der Waals surface area contributed by atoms with Gasteiger partial charge in [-0.1, -0.05) is 237 Å². The highest BCUT2D eigenvalue weighted by atomic mass is 16.7. The van der Waals surface area contributed by atoms with E-state index in [-0.39, 0.29) is 12.5 Å². The molecule has 0 aliphatic carbocycles. The minimum atomic E-state index is -1.57. The number of nitrogens with one attached hydrogen (secondary N) is 1. The number of rotatable bonds is 47. The van der Waals surface area contributed by atoms with Crippen molar-refractivity contribution in [3.63, 3.8) is 0 Å². The van der Waals surface area contributed by atoms with Crippen molar-refractivity contribution < 1.29 is 39.8 Å². The number of aliphatic hydroxyl groups is 5. The molecule has 6 N–H and O–H groups in total. The molecular weight excluding hydrogens is 803 g/mol. The minimum absolute atomic E-state index is 0.183. The van der Waals surface area contributed by atoms with Crippen LogP contribution in [0.5, 0.6) is 0 Å². The molecule has 0 aromatic rings. The first-order valence-electron chi connectivity index (χ1n) is 27.6. The second-order valence-electron chi connectivity index (χ2n) is 19.4. The predicted octanol–water partition coefficient (Wildman–Crippen LogP) is 13.0. The minimum Gasteiger partial charge on any atom is -0.394 e. The van der Waals surface area contributed by atoms with Gasteiger partial charge in [-0.25, -0.2) is 0 Å². The highest BCUT2D eigenvalue weighted by Gasteiger charge is 2.44. The van der Waals surface area contributed by atoms with Crippen molar-refractivity contribution in [3.8, 4) is 0 Å². The van der Waals surface area contributed by atoms with Crippen molar-refractivity contribution in [2.75, 3.05) is 13.2 Å². The second kappa shape index (κ2) is 45.5. The zero-order valence-corrected chi connectivity index (χ0v) is 41.8. The monoisotopic (exact) mass is 908 g/mol. The first kappa shape index (κ1) is 60.7. The van der Waals surface area contributed by atoms with Gasteiger partial charge in [0.1, 0.15) is 24.4 Å². The number of aliphatic hydroxyl groups excluding tert-OH is 5. The molecule has 9 heteroatoms. The van der Waals surface area contributed by atoms with E-state index in [4.69, 9.17) is 9.47 Å². The van der Waals surface area contributed by atoms with Crippen LogP contribution in [0.25, 0.3) is 0 Å². The highest BCUT2D eigenvalue weighted by Crippen LogP contribution is 2.23. The van der Waals surface area contributed by atoms with E-state index in [2.05, 4.69) is 31.3 Å². The van der Waals surface area contributed by atoms with Gasteiger partial charge in [-0.15, -0.1) is 0 Å². The number of allylic oxidation sites excluding steroid dienone is 3. The SMILES string of the molecule is CCCCCCC/C=C\CCCCCCCC(=O)NC(COC1OC(CO)C(O)C(O)C1O)C(O)/C=C/CCCCCCCCCCCCCCCCCCCCCCCCCCC. The van der Waals surface area contributed by atoms with E-state index in [0.717, 1.165) is 57.8 Å². The number of unbranched alkanes of at least 4 members (excludes halogenated alkanes) is 35.